The number of thioether (sulfide) groups is 1. The Morgan fingerprint density at radius 1 is 0.973 bits per heavy atom. The van der Waals surface area contributed by atoms with Gasteiger partial charge in [-0.15, -0.1) is 11.8 Å². The summed E-state index contributed by atoms with van der Waals surface area (Å²) in [5.41, 5.74) is 6.79. The molecule has 3 aliphatic rings. The van der Waals surface area contributed by atoms with Crippen LogP contribution < -0.4 is 15.4 Å². The Kier molecular flexibility index (Phi) is 23.3. The Morgan fingerprint density at radius 3 is 2.42 bits per heavy atom. The monoisotopic (exact) mass is 1060 g/mol. The number of carbonyl (C=O) groups excluding carboxylic acids is 1. The average molecular weight is 1060 g/mol. The van der Waals surface area contributed by atoms with Crippen molar-refractivity contribution in [3.8, 4) is 23.0 Å². The quantitative estimate of drug-likeness (QED) is 0.0168. The lowest BCUT2D eigenvalue weighted by Crippen LogP contribution is -2.45. The van der Waals surface area contributed by atoms with Crippen LogP contribution in [0.25, 0.3) is 11.1 Å². The number of allylic oxidation sites excluding steroid dienone is 9. The van der Waals surface area contributed by atoms with Crippen molar-refractivity contribution < 1.29 is 24.1 Å². The minimum absolute atomic E-state index is 0.147. The minimum atomic E-state index is -1.77. The number of hydrogen-bond donors (Lipinski definition) is 5. The molecule has 0 spiro atoms. The van der Waals surface area contributed by atoms with Crippen LogP contribution in [0.15, 0.2) is 147 Å². The number of piperazine rings is 1. The third kappa shape index (κ3) is 18.3. The second-order valence-electron chi connectivity index (χ2n) is 18.6. The van der Waals surface area contributed by atoms with Crippen LogP contribution in [0, 0.1) is 22.0 Å². The number of anilines is 1. The number of benzene rings is 3. The van der Waals surface area contributed by atoms with Gasteiger partial charge < -0.3 is 44.8 Å². The number of halogens is 1. The molecule has 14 nitrogen and oxygen atoms in total. The first-order chi connectivity index (χ1) is 35.8. The number of aromatic nitrogens is 1. The summed E-state index contributed by atoms with van der Waals surface area (Å²) in [6.07, 6.45) is 16.3. The summed E-state index contributed by atoms with van der Waals surface area (Å²) in [4.78, 5) is 34.1. The van der Waals surface area contributed by atoms with E-state index < -0.39 is 22.0 Å². The Bertz CT molecular complexity index is 2750. The Balaban J connectivity index is 0.00000170. The van der Waals surface area contributed by atoms with Gasteiger partial charge in [-0.2, -0.15) is 0 Å². The summed E-state index contributed by atoms with van der Waals surface area (Å²) in [5.74, 6) is 7.08. The van der Waals surface area contributed by atoms with E-state index in [1.807, 2.05) is 89.7 Å². The van der Waals surface area contributed by atoms with Gasteiger partial charge in [-0.3, -0.25) is 14.9 Å². The van der Waals surface area contributed by atoms with Crippen LogP contribution in [0.1, 0.15) is 60.6 Å². The summed E-state index contributed by atoms with van der Waals surface area (Å²) in [6, 6.07) is 22.4. The molecule has 1 aromatic heterocycles. The van der Waals surface area contributed by atoms with E-state index in [4.69, 9.17) is 11.6 Å². The maximum absolute atomic E-state index is 14.3. The van der Waals surface area contributed by atoms with Crippen molar-refractivity contribution in [2.24, 2.45) is 0 Å². The van der Waals surface area contributed by atoms with Crippen LogP contribution in [0.5, 0.6) is 0 Å². The van der Waals surface area contributed by atoms with Crippen LogP contribution in [0.3, 0.4) is 0 Å². The molecular weight excluding hydrogens is 992 g/mol. The summed E-state index contributed by atoms with van der Waals surface area (Å²) in [5, 5.41) is 39.1. The maximum Gasteiger partial charge on any atom is 0.293 e. The van der Waals surface area contributed by atoms with Gasteiger partial charge in [-0.25, -0.2) is 4.21 Å². The molecule has 2 heterocycles. The predicted molar refractivity (Wildman–Crippen MR) is 303 cm³/mol. The van der Waals surface area contributed by atoms with Gasteiger partial charge in [0, 0.05) is 96.2 Å². The molecule has 17 heteroatoms. The molecule has 5 N–H and O–H groups in total. The fraction of sp³-hybridized carbons (Fsp3) is 0.386. The first-order valence-corrected chi connectivity index (χ1v) is 27.8. The van der Waals surface area contributed by atoms with Gasteiger partial charge in [0.25, 0.3) is 11.6 Å². The van der Waals surface area contributed by atoms with Crippen LogP contribution in [-0.2, 0) is 24.0 Å². The lowest BCUT2D eigenvalue weighted by atomic mass is 9.93. The van der Waals surface area contributed by atoms with Gasteiger partial charge in [0.15, 0.2) is 11.0 Å². The number of hydrogen-bond acceptors (Lipinski definition) is 11. The van der Waals surface area contributed by atoms with Crippen molar-refractivity contribution in [1.82, 2.24) is 29.3 Å². The van der Waals surface area contributed by atoms with E-state index in [1.54, 1.807) is 30.0 Å². The number of likely N-dealkylation sites (N-methyl/N-ethyl adjacent to an activating group) is 1. The molecule has 3 aromatic carbocycles. The summed E-state index contributed by atoms with van der Waals surface area (Å²) in [6.45, 7) is 9.30. The molecule has 2 unspecified atom stereocenters. The second-order valence-corrected chi connectivity index (χ2v) is 21.5. The largest absolute Gasteiger partial charge is 0.394 e. The Hall–Kier alpha value is -5.74. The van der Waals surface area contributed by atoms with E-state index in [1.165, 1.54) is 11.6 Å². The van der Waals surface area contributed by atoms with Gasteiger partial charge >= 0.3 is 0 Å². The van der Waals surface area contributed by atoms with E-state index in [-0.39, 0.29) is 29.5 Å². The first-order valence-electron chi connectivity index (χ1n) is 25.3. The first kappa shape index (κ1) is 57.5. The topological polar surface area (TPSA) is 168 Å². The highest BCUT2D eigenvalue weighted by molar-refractivity contribution is 7.99. The van der Waals surface area contributed by atoms with Gasteiger partial charge in [0.1, 0.15) is 11.4 Å². The predicted octanol–water partition coefficient (Wildman–Crippen LogP) is 8.77. The van der Waals surface area contributed by atoms with E-state index in [0.717, 1.165) is 102 Å². The number of nitrogens with one attached hydrogen (secondary N) is 3. The van der Waals surface area contributed by atoms with Gasteiger partial charge in [-0.05, 0) is 145 Å². The Labute approximate surface area is 449 Å². The van der Waals surface area contributed by atoms with E-state index in [2.05, 4.69) is 76.0 Å². The van der Waals surface area contributed by atoms with Crippen molar-refractivity contribution >= 4 is 51.6 Å². The van der Waals surface area contributed by atoms with Crippen LogP contribution in [0.4, 0.5) is 11.4 Å². The van der Waals surface area contributed by atoms with Crippen molar-refractivity contribution in [1.29, 1.82) is 0 Å². The highest BCUT2D eigenvalue weighted by atomic mass is 35.5. The van der Waals surface area contributed by atoms with Crippen molar-refractivity contribution in [2.75, 3.05) is 91.2 Å². The normalized spacial score (nSPS) is 15.7. The molecule has 1 aliphatic heterocycles. The SMILES string of the molecule is CCN(C)C.CN1CCN(CCCNC(=O)c2c(-c3ccc(C#CC4=CC=C(NS(=O)c5ccc(NCCSc6ccccc6)c([N+](=O)[O-])c5)C=CC4)cc3)c(CC3=CC=C(Cl)CC3)cn2CCC(O)CO)CC1. The molecule has 7 rings (SSSR count). The summed E-state index contributed by atoms with van der Waals surface area (Å²) >= 11 is 7.98. The highest BCUT2D eigenvalue weighted by Gasteiger charge is 2.25. The standard InChI is InChI=1S/C53H60ClN7O6S2.C4H11N/c1-58-30-32-59(33-31-58)28-6-26-56-53(64)52-51(43(35-41-15-20-44(54)21-16-41)37-60(52)29-25-46(63)38-62)42-18-13-40(14-19-42)12-11-39-7-5-8-45(22-17-39)57-69(67)48-23-24-49(50(36-48)61(65)66)55-27-34-68-47-9-3-2-4-10-47;1-4-5(2)3/h2-5,8-10,13-15,17-20,22-24,36-37,46,55,57,62-63H,6-7,16,21,25-35,38H2,1H3,(H,56,64);4H2,1-3H3. The van der Waals surface area contributed by atoms with Crippen LogP contribution in [-0.4, -0.2) is 136 Å². The molecule has 2 aliphatic carbocycles. The van der Waals surface area contributed by atoms with Gasteiger partial charge in [0.05, 0.1) is 22.5 Å². The molecule has 2 atom stereocenters. The minimum Gasteiger partial charge on any atom is -0.394 e. The number of rotatable bonds is 22. The van der Waals surface area contributed by atoms with Crippen molar-refractivity contribution in [3.63, 3.8) is 0 Å². The zero-order valence-electron chi connectivity index (χ0n) is 43.0. The molecule has 1 amide bonds. The third-order valence-electron chi connectivity index (χ3n) is 12.7. The van der Waals surface area contributed by atoms with E-state index >= 15 is 0 Å². The van der Waals surface area contributed by atoms with Crippen molar-refractivity contribution in [2.45, 2.75) is 67.9 Å². The third-order valence-corrected chi connectivity index (χ3v) is 15.1. The number of amides is 1. The number of nitro benzene ring substituents is 1. The van der Waals surface area contributed by atoms with Crippen LogP contribution in [0.2, 0.25) is 0 Å². The molecule has 74 heavy (non-hydrogen) atoms. The second kappa shape index (κ2) is 30.0. The number of nitro groups is 1. The summed E-state index contributed by atoms with van der Waals surface area (Å²) in [7, 11) is 4.48. The molecule has 1 fully saturated rings. The number of carbonyl (C=O) groups is 1. The average Bonchev–Trinajstić information content (AvgIpc) is 3.61. The molecule has 394 valence electrons. The molecule has 0 radical (unpaired) electrons. The smallest absolute Gasteiger partial charge is 0.293 e. The molecule has 1 saturated heterocycles. The summed E-state index contributed by atoms with van der Waals surface area (Å²) < 4.78 is 18.3. The molecule has 0 saturated carbocycles. The number of aliphatic hydroxyl groups excluding tert-OH is 2. The van der Waals surface area contributed by atoms with Gasteiger partial charge in [0.2, 0.25) is 0 Å². The highest BCUT2D eigenvalue weighted by Crippen LogP contribution is 2.35. The zero-order chi connectivity index (χ0) is 52.8. The van der Waals surface area contributed by atoms with Crippen molar-refractivity contribution in [3.05, 3.63) is 164 Å². The molecule has 0 bridgehead atoms. The van der Waals surface area contributed by atoms with E-state index in [0.29, 0.717) is 49.6 Å². The zero-order valence-corrected chi connectivity index (χ0v) is 45.4. The molecule has 4 aromatic rings. The lowest BCUT2D eigenvalue weighted by Gasteiger charge is -2.32. The fourth-order valence-electron chi connectivity index (χ4n) is 8.20. The number of aryl methyl sites for hydroxylation is 1. The lowest BCUT2D eigenvalue weighted by molar-refractivity contribution is -0.384. The number of aliphatic hydroxyl groups is 2. The van der Waals surface area contributed by atoms with E-state index in [9.17, 15) is 29.3 Å². The maximum atomic E-state index is 14.3. The molecular formula is C57H71ClN8O6S2. The number of nitrogens with zero attached hydrogens (tertiary/aromatic N) is 5. The Morgan fingerprint density at radius 2 is 1.73 bits per heavy atom. The van der Waals surface area contributed by atoms with Crippen LogP contribution >= 0.6 is 23.4 Å². The fourth-order valence-corrected chi connectivity index (χ4v) is 10.0. The van der Waals surface area contributed by atoms with Gasteiger partial charge in [-0.1, -0.05) is 78.4 Å².